The molecule has 0 fully saturated rings. The Morgan fingerprint density at radius 3 is 2.70 bits per heavy atom. The molecule has 0 aliphatic rings. The topological polar surface area (TPSA) is 50.7 Å². The van der Waals surface area contributed by atoms with Crippen LogP contribution in [0.15, 0.2) is 24.5 Å². The highest BCUT2D eigenvalue weighted by Gasteiger charge is 2.10. The summed E-state index contributed by atoms with van der Waals surface area (Å²) >= 11 is 0. The zero-order valence-corrected chi connectivity index (χ0v) is 12.5. The van der Waals surface area contributed by atoms with Gasteiger partial charge in [0.15, 0.2) is 5.82 Å². The lowest BCUT2D eigenvalue weighted by Crippen LogP contribution is -2.05. The van der Waals surface area contributed by atoms with E-state index in [2.05, 4.69) is 36.1 Å². The predicted molar refractivity (Wildman–Crippen MR) is 82.8 cm³/mol. The second-order valence-corrected chi connectivity index (χ2v) is 4.73. The van der Waals surface area contributed by atoms with Crippen LogP contribution >= 0.6 is 0 Å². The molecule has 20 heavy (non-hydrogen) atoms. The van der Waals surface area contributed by atoms with Crippen LogP contribution in [-0.2, 0) is 12.8 Å². The van der Waals surface area contributed by atoms with Crippen LogP contribution in [0.2, 0.25) is 0 Å². The van der Waals surface area contributed by atoms with Crippen molar-refractivity contribution in [2.24, 2.45) is 0 Å². The molecule has 0 saturated carbocycles. The van der Waals surface area contributed by atoms with Gasteiger partial charge in [0.25, 0.3) is 0 Å². The van der Waals surface area contributed by atoms with Gasteiger partial charge in [0.2, 0.25) is 0 Å². The zero-order chi connectivity index (χ0) is 14.4. The standard InChI is InChI=1S/C16H22N4/c1-4-7-13-10-15(18-6-3)20-16(19-13)14-8-9-17-11-12(14)5-2/h8-11H,4-7H2,1-3H3,(H,18,19,20). The fraction of sp³-hybridized carbons (Fsp3) is 0.438. The number of rotatable bonds is 6. The van der Waals surface area contributed by atoms with Crippen LogP contribution in [0.4, 0.5) is 5.82 Å². The zero-order valence-electron chi connectivity index (χ0n) is 12.5. The van der Waals surface area contributed by atoms with Crippen LogP contribution in [0.25, 0.3) is 11.4 Å². The van der Waals surface area contributed by atoms with Crippen molar-refractivity contribution in [3.05, 3.63) is 35.8 Å². The summed E-state index contributed by atoms with van der Waals surface area (Å²) in [4.78, 5) is 13.5. The Morgan fingerprint density at radius 2 is 2.00 bits per heavy atom. The summed E-state index contributed by atoms with van der Waals surface area (Å²) in [5.41, 5.74) is 3.36. The van der Waals surface area contributed by atoms with E-state index >= 15 is 0 Å². The molecule has 2 rings (SSSR count). The van der Waals surface area contributed by atoms with Crippen molar-refractivity contribution in [3.63, 3.8) is 0 Å². The number of anilines is 1. The quantitative estimate of drug-likeness (QED) is 0.873. The Labute approximate surface area is 120 Å². The van der Waals surface area contributed by atoms with Gasteiger partial charge in [0.1, 0.15) is 5.82 Å². The first-order valence-corrected chi connectivity index (χ1v) is 7.33. The average Bonchev–Trinajstić information content (AvgIpc) is 2.47. The number of hydrogen-bond donors (Lipinski definition) is 1. The maximum Gasteiger partial charge on any atom is 0.162 e. The Bertz CT molecular complexity index is 542. The molecule has 0 unspecified atom stereocenters. The van der Waals surface area contributed by atoms with E-state index < -0.39 is 0 Å². The summed E-state index contributed by atoms with van der Waals surface area (Å²) < 4.78 is 0. The molecule has 0 aliphatic heterocycles. The molecule has 0 spiro atoms. The molecule has 106 valence electrons. The van der Waals surface area contributed by atoms with Crippen LogP contribution in [0.3, 0.4) is 0 Å². The summed E-state index contributed by atoms with van der Waals surface area (Å²) in [6.45, 7) is 7.23. The van der Waals surface area contributed by atoms with Gasteiger partial charge in [0.05, 0.1) is 0 Å². The van der Waals surface area contributed by atoms with Gasteiger partial charge in [-0.25, -0.2) is 9.97 Å². The molecule has 4 heteroatoms. The average molecular weight is 270 g/mol. The summed E-state index contributed by atoms with van der Waals surface area (Å²) in [6, 6.07) is 4.04. The largest absolute Gasteiger partial charge is 0.370 e. The maximum atomic E-state index is 4.71. The molecular weight excluding hydrogens is 248 g/mol. The molecule has 4 nitrogen and oxygen atoms in total. The van der Waals surface area contributed by atoms with E-state index in [-0.39, 0.29) is 0 Å². The minimum absolute atomic E-state index is 0.797. The molecule has 2 aromatic heterocycles. The number of aromatic nitrogens is 3. The number of nitrogens with zero attached hydrogens (tertiary/aromatic N) is 3. The monoisotopic (exact) mass is 270 g/mol. The van der Waals surface area contributed by atoms with E-state index in [9.17, 15) is 0 Å². The molecule has 0 atom stereocenters. The Hall–Kier alpha value is -1.97. The van der Waals surface area contributed by atoms with Gasteiger partial charge in [-0.1, -0.05) is 20.3 Å². The summed E-state index contributed by atoms with van der Waals surface area (Å²) in [5.74, 6) is 1.70. The SMILES string of the molecule is CCCc1cc(NCC)nc(-c2ccncc2CC)n1. The Balaban J connectivity index is 2.48. The fourth-order valence-corrected chi connectivity index (χ4v) is 2.20. The summed E-state index contributed by atoms with van der Waals surface area (Å²) in [7, 11) is 0. The summed E-state index contributed by atoms with van der Waals surface area (Å²) in [6.07, 6.45) is 6.69. The van der Waals surface area contributed by atoms with E-state index in [4.69, 9.17) is 4.98 Å². The maximum absolute atomic E-state index is 4.71. The third-order valence-electron chi connectivity index (χ3n) is 3.17. The molecule has 1 N–H and O–H groups in total. The Morgan fingerprint density at radius 1 is 1.15 bits per heavy atom. The van der Waals surface area contributed by atoms with Gasteiger partial charge < -0.3 is 5.32 Å². The van der Waals surface area contributed by atoms with E-state index in [1.165, 1.54) is 5.56 Å². The van der Waals surface area contributed by atoms with Crippen molar-refractivity contribution >= 4 is 5.82 Å². The molecule has 0 saturated heterocycles. The minimum atomic E-state index is 0.797. The highest BCUT2D eigenvalue weighted by molar-refractivity contribution is 5.61. The van der Waals surface area contributed by atoms with Crippen molar-refractivity contribution in [2.45, 2.75) is 40.0 Å². The van der Waals surface area contributed by atoms with Gasteiger partial charge in [-0.2, -0.15) is 0 Å². The molecule has 0 radical (unpaired) electrons. The second-order valence-electron chi connectivity index (χ2n) is 4.73. The van der Waals surface area contributed by atoms with Crippen LogP contribution < -0.4 is 5.32 Å². The minimum Gasteiger partial charge on any atom is -0.370 e. The highest BCUT2D eigenvalue weighted by atomic mass is 15.0. The molecule has 2 heterocycles. The summed E-state index contributed by atoms with van der Waals surface area (Å²) in [5, 5.41) is 3.29. The molecule has 0 amide bonds. The van der Waals surface area contributed by atoms with Crippen molar-refractivity contribution in [1.29, 1.82) is 0 Å². The first-order valence-electron chi connectivity index (χ1n) is 7.33. The van der Waals surface area contributed by atoms with E-state index in [0.29, 0.717) is 0 Å². The van der Waals surface area contributed by atoms with Crippen molar-refractivity contribution in [2.75, 3.05) is 11.9 Å². The van der Waals surface area contributed by atoms with E-state index in [0.717, 1.165) is 48.7 Å². The van der Waals surface area contributed by atoms with Crippen LogP contribution in [0, 0.1) is 0 Å². The number of hydrogen-bond acceptors (Lipinski definition) is 4. The smallest absolute Gasteiger partial charge is 0.162 e. The molecule has 0 aromatic carbocycles. The third kappa shape index (κ3) is 3.32. The number of nitrogens with one attached hydrogen (secondary N) is 1. The van der Waals surface area contributed by atoms with Gasteiger partial charge in [0, 0.05) is 36.3 Å². The van der Waals surface area contributed by atoms with E-state index in [1.807, 2.05) is 18.3 Å². The molecule has 0 aliphatic carbocycles. The lowest BCUT2D eigenvalue weighted by atomic mass is 10.1. The highest BCUT2D eigenvalue weighted by Crippen LogP contribution is 2.22. The fourth-order valence-electron chi connectivity index (χ4n) is 2.20. The van der Waals surface area contributed by atoms with Crippen molar-refractivity contribution < 1.29 is 0 Å². The van der Waals surface area contributed by atoms with Crippen molar-refractivity contribution in [3.8, 4) is 11.4 Å². The van der Waals surface area contributed by atoms with Crippen molar-refractivity contribution in [1.82, 2.24) is 15.0 Å². The number of pyridine rings is 1. The number of aryl methyl sites for hydroxylation is 2. The van der Waals surface area contributed by atoms with E-state index in [1.54, 1.807) is 6.20 Å². The van der Waals surface area contributed by atoms with Gasteiger partial charge in [-0.05, 0) is 31.4 Å². The van der Waals surface area contributed by atoms with Crippen LogP contribution in [0.5, 0.6) is 0 Å². The molecular formula is C16H22N4. The lowest BCUT2D eigenvalue weighted by Gasteiger charge is -2.10. The van der Waals surface area contributed by atoms with Crippen LogP contribution in [-0.4, -0.2) is 21.5 Å². The van der Waals surface area contributed by atoms with Gasteiger partial charge in [-0.15, -0.1) is 0 Å². The predicted octanol–water partition coefficient (Wildman–Crippen LogP) is 3.49. The van der Waals surface area contributed by atoms with Crippen LogP contribution in [0.1, 0.15) is 38.4 Å². The first-order chi connectivity index (χ1) is 9.78. The first kappa shape index (κ1) is 14.4. The molecule has 2 aromatic rings. The lowest BCUT2D eigenvalue weighted by molar-refractivity contribution is 0.874. The molecule has 0 bridgehead atoms. The Kier molecular flexibility index (Phi) is 5.04. The van der Waals surface area contributed by atoms with Gasteiger partial charge in [-0.3, -0.25) is 4.98 Å². The third-order valence-corrected chi connectivity index (χ3v) is 3.17. The van der Waals surface area contributed by atoms with Gasteiger partial charge >= 0.3 is 0 Å². The normalized spacial score (nSPS) is 10.6. The second kappa shape index (κ2) is 6.98.